The zero-order chi connectivity index (χ0) is 11.8. The summed E-state index contributed by atoms with van der Waals surface area (Å²) in [6.07, 6.45) is 4.91. The Bertz CT molecular complexity index is 215. The molecule has 0 saturated carbocycles. The summed E-state index contributed by atoms with van der Waals surface area (Å²) < 4.78 is 5.69. The Kier molecular flexibility index (Phi) is 6.18. The van der Waals surface area contributed by atoms with Gasteiger partial charge >= 0.3 is 0 Å². The average molecular weight is 229 g/mol. The molecular formula is C11H23N3O2. The second-order valence-corrected chi connectivity index (χ2v) is 4.32. The summed E-state index contributed by atoms with van der Waals surface area (Å²) in [5.74, 6) is 0.268. The van der Waals surface area contributed by atoms with Crippen LogP contribution in [0.1, 0.15) is 32.6 Å². The van der Waals surface area contributed by atoms with Gasteiger partial charge in [0.2, 0.25) is 0 Å². The molecule has 1 saturated heterocycles. The number of hydrogen-bond acceptors (Lipinski definition) is 4. The first-order valence-corrected chi connectivity index (χ1v) is 6.06. The van der Waals surface area contributed by atoms with Crippen molar-refractivity contribution < 1.29 is 9.94 Å². The standard InChI is InChI=1S/C11H23N3O2/c1-2-6-14(9-11(12)13-15)8-10-5-3-4-7-16-10/h10,15H,2-9H2,1H3,(H2,12,13). The molecule has 1 aliphatic heterocycles. The highest BCUT2D eigenvalue weighted by molar-refractivity contribution is 5.81. The minimum atomic E-state index is 0.268. The lowest BCUT2D eigenvalue weighted by Crippen LogP contribution is -2.41. The number of nitrogens with two attached hydrogens (primary N) is 1. The van der Waals surface area contributed by atoms with E-state index in [1.807, 2.05) is 0 Å². The Morgan fingerprint density at radius 1 is 1.56 bits per heavy atom. The summed E-state index contributed by atoms with van der Waals surface area (Å²) in [6, 6.07) is 0. The van der Waals surface area contributed by atoms with Gasteiger partial charge in [-0.25, -0.2) is 0 Å². The van der Waals surface area contributed by atoms with E-state index >= 15 is 0 Å². The monoisotopic (exact) mass is 229 g/mol. The van der Waals surface area contributed by atoms with Gasteiger partial charge in [-0.1, -0.05) is 12.1 Å². The molecule has 1 unspecified atom stereocenters. The highest BCUT2D eigenvalue weighted by Gasteiger charge is 2.17. The van der Waals surface area contributed by atoms with Crippen LogP contribution in [-0.4, -0.2) is 48.3 Å². The van der Waals surface area contributed by atoms with Crippen molar-refractivity contribution in [2.75, 3.05) is 26.2 Å². The first kappa shape index (κ1) is 13.3. The SMILES string of the molecule is CCCN(CC(N)=NO)CC1CCCCO1. The van der Waals surface area contributed by atoms with E-state index in [2.05, 4.69) is 17.0 Å². The molecule has 16 heavy (non-hydrogen) atoms. The molecule has 94 valence electrons. The molecule has 0 aromatic heterocycles. The van der Waals surface area contributed by atoms with Gasteiger partial charge < -0.3 is 15.7 Å². The van der Waals surface area contributed by atoms with Crippen molar-refractivity contribution in [2.45, 2.75) is 38.7 Å². The maximum absolute atomic E-state index is 8.56. The first-order valence-electron chi connectivity index (χ1n) is 6.06. The largest absolute Gasteiger partial charge is 0.409 e. The molecule has 1 fully saturated rings. The molecule has 1 atom stereocenters. The van der Waals surface area contributed by atoms with Gasteiger partial charge in [-0.05, 0) is 32.2 Å². The minimum absolute atomic E-state index is 0.268. The van der Waals surface area contributed by atoms with Gasteiger partial charge in [0, 0.05) is 13.2 Å². The smallest absolute Gasteiger partial charge is 0.153 e. The molecule has 1 aliphatic rings. The van der Waals surface area contributed by atoms with Crippen molar-refractivity contribution in [1.82, 2.24) is 4.90 Å². The summed E-state index contributed by atoms with van der Waals surface area (Å²) >= 11 is 0. The number of oxime groups is 1. The van der Waals surface area contributed by atoms with Crippen molar-refractivity contribution >= 4 is 5.84 Å². The van der Waals surface area contributed by atoms with Crippen molar-refractivity contribution in [3.8, 4) is 0 Å². The fourth-order valence-electron chi connectivity index (χ4n) is 2.05. The zero-order valence-electron chi connectivity index (χ0n) is 10.1. The Labute approximate surface area is 97.2 Å². The van der Waals surface area contributed by atoms with Crippen molar-refractivity contribution in [1.29, 1.82) is 0 Å². The number of rotatable bonds is 6. The van der Waals surface area contributed by atoms with Crippen LogP contribution in [0, 0.1) is 0 Å². The molecule has 0 aliphatic carbocycles. The highest BCUT2D eigenvalue weighted by Crippen LogP contribution is 2.13. The molecule has 5 heteroatoms. The van der Waals surface area contributed by atoms with Crippen LogP contribution in [0.3, 0.4) is 0 Å². The molecule has 0 aromatic carbocycles. The van der Waals surface area contributed by atoms with Gasteiger partial charge in [0.05, 0.1) is 12.6 Å². The van der Waals surface area contributed by atoms with Crippen molar-refractivity contribution in [2.24, 2.45) is 10.9 Å². The molecule has 1 rings (SSSR count). The third-order valence-corrected chi connectivity index (χ3v) is 2.79. The Morgan fingerprint density at radius 2 is 2.38 bits per heavy atom. The third kappa shape index (κ3) is 4.81. The molecule has 1 heterocycles. The second kappa shape index (κ2) is 7.46. The van der Waals surface area contributed by atoms with E-state index in [9.17, 15) is 0 Å². The molecule has 0 amide bonds. The summed E-state index contributed by atoms with van der Waals surface area (Å²) in [7, 11) is 0. The Morgan fingerprint density at radius 3 is 2.94 bits per heavy atom. The minimum Gasteiger partial charge on any atom is -0.409 e. The molecular weight excluding hydrogens is 206 g/mol. The van der Waals surface area contributed by atoms with Crippen LogP contribution in [0.5, 0.6) is 0 Å². The van der Waals surface area contributed by atoms with Crippen LogP contribution < -0.4 is 5.73 Å². The lowest BCUT2D eigenvalue weighted by atomic mass is 10.1. The quantitative estimate of drug-likeness (QED) is 0.309. The zero-order valence-corrected chi connectivity index (χ0v) is 10.1. The van der Waals surface area contributed by atoms with Gasteiger partial charge in [-0.2, -0.15) is 0 Å². The highest BCUT2D eigenvalue weighted by atomic mass is 16.5. The van der Waals surface area contributed by atoms with E-state index in [4.69, 9.17) is 15.7 Å². The molecule has 0 spiro atoms. The fourth-order valence-corrected chi connectivity index (χ4v) is 2.05. The van der Waals surface area contributed by atoms with Gasteiger partial charge in [0.15, 0.2) is 5.84 Å². The predicted octanol–water partition coefficient (Wildman–Crippen LogP) is 1.01. The van der Waals surface area contributed by atoms with Gasteiger partial charge in [0.25, 0.3) is 0 Å². The van der Waals surface area contributed by atoms with E-state index in [0.717, 1.165) is 32.5 Å². The first-order chi connectivity index (χ1) is 7.76. The van der Waals surface area contributed by atoms with Crippen LogP contribution in [-0.2, 0) is 4.74 Å². The lowest BCUT2D eigenvalue weighted by molar-refractivity contribution is -0.00323. The summed E-state index contributed by atoms with van der Waals surface area (Å²) in [5.41, 5.74) is 5.53. The summed E-state index contributed by atoms with van der Waals surface area (Å²) in [6.45, 7) is 5.35. The van der Waals surface area contributed by atoms with Crippen LogP contribution in [0.4, 0.5) is 0 Å². The van der Waals surface area contributed by atoms with Crippen LogP contribution >= 0.6 is 0 Å². The number of hydrogen-bond donors (Lipinski definition) is 2. The van der Waals surface area contributed by atoms with E-state index in [1.165, 1.54) is 12.8 Å². The van der Waals surface area contributed by atoms with E-state index in [0.29, 0.717) is 12.6 Å². The molecule has 3 N–H and O–H groups in total. The van der Waals surface area contributed by atoms with Crippen LogP contribution in [0.15, 0.2) is 5.16 Å². The number of amidine groups is 1. The van der Waals surface area contributed by atoms with Crippen molar-refractivity contribution in [3.63, 3.8) is 0 Å². The van der Waals surface area contributed by atoms with Gasteiger partial charge in [-0.3, -0.25) is 4.90 Å². The third-order valence-electron chi connectivity index (χ3n) is 2.79. The normalized spacial score (nSPS) is 22.6. The molecule has 5 nitrogen and oxygen atoms in total. The fraction of sp³-hybridized carbons (Fsp3) is 0.909. The number of nitrogens with zero attached hydrogens (tertiary/aromatic N) is 2. The molecule has 0 radical (unpaired) electrons. The van der Waals surface area contributed by atoms with Crippen LogP contribution in [0.2, 0.25) is 0 Å². The van der Waals surface area contributed by atoms with E-state index in [-0.39, 0.29) is 5.84 Å². The van der Waals surface area contributed by atoms with Gasteiger partial charge in [0.1, 0.15) is 0 Å². The number of ether oxygens (including phenoxy) is 1. The maximum Gasteiger partial charge on any atom is 0.153 e. The summed E-state index contributed by atoms with van der Waals surface area (Å²) in [4.78, 5) is 2.19. The lowest BCUT2D eigenvalue weighted by Gasteiger charge is -2.29. The molecule has 0 bridgehead atoms. The van der Waals surface area contributed by atoms with Crippen LogP contribution in [0.25, 0.3) is 0 Å². The molecule has 0 aromatic rings. The van der Waals surface area contributed by atoms with E-state index < -0.39 is 0 Å². The maximum atomic E-state index is 8.56. The second-order valence-electron chi connectivity index (χ2n) is 4.32. The average Bonchev–Trinajstić information content (AvgIpc) is 2.30. The Hall–Kier alpha value is -0.810. The topological polar surface area (TPSA) is 71.1 Å². The van der Waals surface area contributed by atoms with Crippen molar-refractivity contribution in [3.05, 3.63) is 0 Å². The predicted molar refractivity (Wildman–Crippen MR) is 63.7 cm³/mol. The Balaban J connectivity index is 2.36. The van der Waals surface area contributed by atoms with E-state index in [1.54, 1.807) is 0 Å². The van der Waals surface area contributed by atoms with Gasteiger partial charge in [-0.15, -0.1) is 0 Å². The summed E-state index contributed by atoms with van der Waals surface area (Å²) in [5, 5.41) is 11.6.